The van der Waals surface area contributed by atoms with Gasteiger partial charge in [-0.15, -0.1) is 0 Å². The van der Waals surface area contributed by atoms with E-state index in [9.17, 15) is 9.59 Å². The predicted octanol–water partition coefficient (Wildman–Crippen LogP) is 1.46. The Balaban J connectivity index is 2.03. The molecule has 0 saturated carbocycles. The molecule has 1 heterocycles. The molecule has 0 spiro atoms. The van der Waals surface area contributed by atoms with Crippen molar-refractivity contribution in [1.82, 2.24) is 10.6 Å². The number of aryl methyl sites for hydroxylation is 1. The summed E-state index contributed by atoms with van der Waals surface area (Å²) in [6.45, 7) is 5.19. The van der Waals surface area contributed by atoms with Crippen LogP contribution in [0.2, 0.25) is 0 Å². The molecule has 2 atom stereocenters. The molecule has 1 aliphatic heterocycles. The Bertz CT molecular complexity index is 527. The van der Waals surface area contributed by atoms with Gasteiger partial charge in [0, 0.05) is 24.7 Å². The third-order valence-corrected chi connectivity index (χ3v) is 4.06. The number of amides is 2. The summed E-state index contributed by atoms with van der Waals surface area (Å²) in [4.78, 5) is 26.5. The van der Waals surface area contributed by atoms with Crippen molar-refractivity contribution in [1.29, 1.82) is 0 Å². The Morgan fingerprint density at radius 1 is 1.36 bits per heavy atom. The van der Waals surface area contributed by atoms with E-state index in [0.29, 0.717) is 19.5 Å². The van der Waals surface area contributed by atoms with Crippen LogP contribution in [-0.2, 0) is 9.59 Å². The summed E-state index contributed by atoms with van der Waals surface area (Å²) in [6.07, 6.45) is 1.60. The van der Waals surface area contributed by atoms with E-state index in [2.05, 4.69) is 10.6 Å². The Hall–Kier alpha value is -1.88. The Labute approximate surface area is 132 Å². The number of benzene rings is 1. The van der Waals surface area contributed by atoms with Crippen LogP contribution in [0.25, 0.3) is 0 Å². The number of hydrogen-bond acceptors (Lipinski definition) is 3. The van der Waals surface area contributed by atoms with Crippen LogP contribution in [-0.4, -0.2) is 38.0 Å². The first-order chi connectivity index (χ1) is 10.5. The van der Waals surface area contributed by atoms with Gasteiger partial charge in [0.1, 0.15) is 6.04 Å². The van der Waals surface area contributed by atoms with Gasteiger partial charge in [-0.3, -0.25) is 9.59 Å². The van der Waals surface area contributed by atoms with E-state index in [-0.39, 0.29) is 17.7 Å². The normalized spacial score (nSPS) is 19.9. The molecule has 2 amide bonds. The van der Waals surface area contributed by atoms with Gasteiger partial charge in [0.25, 0.3) is 0 Å². The molecule has 120 valence electrons. The third kappa shape index (κ3) is 3.85. The molecule has 2 N–H and O–H groups in total. The fraction of sp³-hybridized carbons (Fsp3) is 0.529. The molecule has 1 aromatic rings. The van der Waals surface area contributed by atoms with Crippen molar-refractivity contribution < 1.29 is 9.59 Å². The Morgan fingerprint density at radius 2 is 2.05 bits per heavy atom. The van der Waals surface area contributed by atoms with Crippen molar-refractivity contribution in [2.24, 2.45) is 5.92 Å². The molecule has 0 aromatic heterocycles. The summed E-state index contributed by atoms with van der Waals surface area (Å²) in [5.41, 5.74) is 2.07. The first-order valence-electron chi connectivity index (χ1n) is 7.86. The monoisotopic (exact) mass is 303 g/mol. The van der Waals surface area contributed by atoms with Crippen molar-refractivity contribution in [2.45, 2.75) is 32.7 Å². The van der Waals surface area contributed by atoms with E-state index in [1.165, 1.54) is 5.56 Å². The summed E-state index contributed by atoms with van der Waals surface area (Å²) in [5, 5.41) is 5.87. The van der Waals surface area contributed by atoms with Gasteiger partial charge in [-0.2, -0.15) is 0 Å². The second-order valence-corrected chi connectivity index (χ2v) is 5.99. The average Bonchev–Trinajstić information content (AvgIpc) is 2.50. The highest BCUT2D eigenvalue weighted by molar-refractivity contribution is 6.00. The van der Waals surface area contributed by atoms with Crippen LogP contribution in [0, 0.1) is 12.8 Å². The van der Waals surface area contributed by atoms with Crippen LogP contribution < -0.4 is 15.5 Å². The molecule has 5 heteroatoms. The van der Waals surface area contributed by atoms with E-state index in [1.807, 2.05) is 45.2 Å². The Kier molecular flexibility index (Phi) is 5.55. The standard InChI is InChI=1S/C17H25N3O2/c1-12-6-8-14(9-7-12)20-10-4-5-15(17(20)22)19-16(21)13(2)11-18-3/h6-9,13,15,18H,4-5,10-11H2,1-3H3,(H,19,21). The van der Waals surface area contributed by atoms with Crippen LogP contribution in [0.4, 0.5) is 5.69 Å². The zero-order chi connectivity index (χ0) is 16.1. The summed E-state index contributed by atoms with van der Waals surface area (Å²) < 4.78 is 0. The zero-order valence-corrected chi connectivity index (χ0v) is 13.6. The van der Waals surface area contributed by atoms with Crippen LogP contribution in [0.15, 0.2) is 24.3 Å². The fourth-order valence-corrected chi connectivity index (χ4v) is 2.70. The van der Waals surface area contributed by atoms with E-state index < -0.39 is 6.04 Å². The summed E-state index contributed by atoms with van der Waals surface area (Å²) >= 11 is 0. The van der Waals surface area contributed by atoms with Gasteiger partial charge in [0.05, 0.1) is 0 Å². The fourth-order valence-electron chi connectivity index (χ4n) is 2.70. The topological polar surface area (TPSA) is 61.4 Å². The molecule has 0 bridgehead atoms. The number of carbonyl (C=O) groups excluding carboxylic acids is 2. The van der Waals surface area contributed by atoms with Crippen molar-refractivity contribution in [2.75, 3.05) is 25.0 Å². The first kappa shape index (κ1) is 16.5. The van der Waals surface area contributed by atoms with Gasteiger partial charge in [0.2, 0.25) is 11.8 Å². The molecule has 1 fully saturated rings. The molecular formula is C17H25N3O2. The van der Waals surface area contributed by atoms with Crippen molar-refractivity contribution in [3.05, 3.63) is 29.8 Å². The van der Waals surface area contributed by atoms with E-state index in [1.54, 1.807) is 4.90 Å². The molecule has 1 saturated heterocycles. The van der Waals surface area contributed by atoms with Crippen LogP contribution in [0.1, 0.15) is 25.3 Å². The summed E-state index contributed by atoms with van der Waals surface area (Å²) in [7, 11) is 1.81. The predicted molar refractivity (Wildman–Crippen MR) is 87.8 cm³/mol. The SMILES string of the molecule is CNCC(C)C(=O)NC1CCCN(c2ccc(C)cc2)C1=O. The maximum atomic E-state index is 12.6. The van der Waals surface area contributed by atoms with Gasteiger partial charge in [-0.1, -0.05) is 24.6 Å². The van der Waals surface area contributed by atoms with E-state index >= 15 is 0 Å². The maximum Gasteiger partial charge on any atom is 0.249 e. The molecular weight excluding hydrogens is 278 g/mol. The van der Waals surface area contributed by atoms with Crippen LogP contribution in [0.3, 0.4) is 0 Å². The molecule has 1 aliphatic rings. The second-order valence-electron chi connectivity index (χ2n) is 5.99. The molecule has 2 rings (SSSR count). The zero-order valence-electron chi connectivity index (χ0n) is 13.6. The highest BCUT2D eigenvalue weighted by Gasteiger charge is 2.31. The van der Waals surface area contributed by atoms with Crippen molar-refractivity contribution in [3.8, 4) is 0 Å². The molecule has 2 unspecified atom stereocenters. The number of carbonyl (C=O) groups is 2. The number of nitrogens with zero attached hydrogens (tertiary/aromatic N) is 1. The molecule has 0 aliphatic carbocycles. The minimum absolute atomic E-state index is 0.0138. The van der Waals surface area contributed by atoms with E-state index in [0.717, 1.165) is 12.1 Å². The largest absolute Gasteiger partial charge is 0.344 e. The molecule has 1 aromatic carbocycles. The lowest BCUT2D eigenvalue weighted by atomic mass is 10.0. The van der Waals surface area contributed by atoms with Crippen LogP contribution >= 0.6 is 0 Å². The quantitative estimate of drug-likeness (QED) is 0.866. The maximum absolute atomic E-state index is 12.6. The lowest BCUT2D eigenvalue weighted by Gasteiger charge is -2.33. The van der Waals surface area contributed by atoms with Crippen molar-refractivity contribution >= 4 is 17.5 Å². The smallest absolute Gasteiger partial charge is 0.249 e. The average molecular weight is 303 g/mol. The van der Waals surface area contributed by atoms with Gasteiger partial charge in [-0.05, 0) is 38.9 Å². The summed E-state index contributed by atoms with van der Waals surface area (Å²) in [6, 6.07) is 7.50. The number of hydrogen-bond donors (Lipinski definition) is 2. The number of rotatable bonds is 5. The van der Waals surface area contributed by atoms with Gasteiger partial charge < -0.3 is 15.5 Å². The third-order valence-electron chi connectivity index (χ3n) is 4.06. The highest BCUT2D eigenvalue weighted by Crippen LogP contribution is 2.21. The van der Waals surface area contributed by atoms with Crippen molar-refractivity contribution in [3.63, 3.8) is 0 Å². The highest BCUT2D eigenvalue weighted by atomic mass is 16.2. The van der Waals surface area contributed by atoms with E-state index in [4.69, 9.17) is 0 Å². The minimum Gasteiger partial charge on any atom is -0.344 e. The Morgan fingerprint density at radius 3 is 2.68 bits per heavy atom. The molecule has 5 nitrogen and oxygen atoms in total. The van der Waals surface area contributed by atoms with Gasteiger partial charge in [0.15, 0.2) is 0 Å². The lowest BCUT2D eigenvalue weighted by Crippen LogP contribution is -2.53. The summed E-state index contributed by atoms with van der Waals surface area (Å²) in [5.74, 6) is -0.230. The van der Waals surface area contributed by atoms with Gasteiger partial charge in [-0.25, -0.2) is 0 Å². The number of nitrogens with one attached hydrogen (secondary N) is 2. The molecule has 22 heavy (non-hydrogen) atoms. The van der Waals surface area contributed by atoms with Gasteiger partial charge >= 0.3 is 0 Å². The lowest BCUT2D eigenvalue weighted by molar-refractivity contribution is -0.130. The van der Waals surface area contributed by atoms with Crippen LogP contribution in [0.5, 0.6) is 0 Å². The minimum atomic E-state index is -0.415. The molecule has 0 radical (unpaired) electrons. The first-order valence-corrected chi connectivity index (χ1v) is 7.86. The second kappa shape index (κ2) is 7.40. The number of piperidine rings is 1. The number of anilines is 1.